The van der Waals surface area contributed by atoms with E-state index in [0.717, 1.165) is 25.8 Å². The lowest BCUT2D eigenvalue weighted by Gasteiger charge is -2.23. The van der Waals surface area contributed by atoms with Gasteiger partial charge in [-0.15, -0.1) is 0 Å². The number of hydrogen-bond acceptors (Lipinski definition) is 4. The first kappa shape index (κ1) is 14.8. The fourth-order valence-corrected chi connectivity index (χ4v) is 3.01. The fraction of sp³-hybridized carbons (Fsp3) is 0.412. The van der Waals surface area contributed by atoms with Gasteiger partial charge in [-0.1, -0.05) is 35.5 Å². The molecule has 1 aliphatic rings. The molecule has 1 amide bonds. The van der Waals surface area contributed by atoms with Crippen LogP contribution >= 0.6 is 0 Å². The highest BCUT2D eigenvalue weighted by Crippen LogP contribution is 2.21. The molecule has 1 aromatic heterocycles. The summed E-state index contributed by atoms with van der Waals surface area (Å²) in [6.07, 6.45) is 3.29. The summed E-state index contributed by atoms with van der Waals surface area (Å²) in [5, 5.41) is 6.58. The molecular formula is C17H21N3O2. The predicted octanol–water partition coefficient (Wildman–Crippen LogP) is 2.63. The third kappa shape index (κ3) is 3.74. The first-order valence-electron chi connectivity index (χ1n) is 7.72. The van der Waals surface area contributed by atoms with Crippen molar-refractivity contribution in [1.29, 1.82) is 0 Å². The van der Waals surface area contributed by atoms with E-state index in [1.807, 2.05) is 6.07 Å². The van der Waals surface area contributed by atoms with Gasteiger partial charge in [0.1, 0.15) is 5.76 Å². The number of hydrogen-bond donors (Lipinski definition) is 1. The minimum absolute atomic E-state index is 0.0340. The van der Waals surface area contributed by atoms with Gasteiger partial charge in [-0.25, -0.2) is 0 Å². The van der Waals surface area contributed by atoms with Crippen LogP contribution in [0.3, 0.4) is 0 Å². The van der Waals surface area contributed by atoms with E-state index in [0.29, 0.717) is 24.2 Å². The molecule has 1 atom stereocenters. The average Bonchev–Trinajstić information content (AvgIpc) is 3.10. The molecule has 2 aromatic rings. The summed E-state index contributed by atoms with van der Waals surface area (Å²) >= 11 is 0. The monoisotopic (exact) mass is 299 g/mol. The second-order valence-electron chi connectivity index (χ2n) is 5.83. The van der Waals surface area contributed by atoms with Gasteiger partial charge in [0, 0.05) is 12.1 Å². The highest BCUT2D eigenvalue weighted by atomic mass is 16.5. The molecule has 0 aliphatic carbocycles. The van der Waals surface area contributed by atoms with Crippen LogP contribution in [-0.2, 0) is 11.2 Å². The van der Waals surface area contributed by atoms with Gasteiger partial charge in [-0.3, -0.25) is 9.69 Å². The summed E-state index contributed by atoms with van der Waals surface area (Å²) in [5.41, 5.74) is 1.33. The van der Waals surface area contributed by atoms with Crippen LogP contribution in [0.2, 0.25) is 0 Å². The maximum absolute atomic E-state index is 12.1. The van der Waals surface area contributed by atoms with E-state index >= 15 is 0 Å². The minimum atomic E-state index is -0.0340. The third-order valence-corrected chi connectivity index (χ3v) is 4.06. The first-order valence-corrected chi connectivity index (χ1v) is 7.72. The Morgan fingerprint density at radius 1 is 1.41 bits per heavy atom. The van der Waals surface area contributed by atoms with E-state index in [-0.39, 0.29) is 5.91 Å². The minimum Gasteiger partial charge on any atom is -0.360 e. The highest BCUT2D eigenvalue weighted by Gasteiger charge is 2.26. The summed E-state index contributed by atoms with van der Waals surface area (Å²) in [7, 11) is 0. The molecule has 1 aliphatic heterocycles. The molecule has 0 spiro atoms. The van der Waals surface area contributed by atoms with Crippen LogP contribution in [0.4, 0.5) is 5.82 Å². The number of nitrogens with zero attached hydrogens (tertiary/aromatic N) is 2. The molecule has 22 heavy (non-hydrogen) atoms. The van der Waals surface area contributed by atoms with Crippen molar-refractivity contribution in [3.63, 3.8) is 0 Å². The number of aromatic nitrogens is 1. The summed E-state index contributed by atoms with van der Waals surface area (Å²) in [6.45, 7) is 3.19. The molecule has 116 valence electrons. The Morgan fingerprint density at radius 2 is 2.23 bits per heavy atom. The number of benzene rings is 1. The van der Waals surface area contributed by atoms with Crippen LogP contribution in [0.1, 0.15) is 24.2 Å². The molecule has 5 heteroatoms. The molecule has 0 unspecified atom stereocenters. The van der Waals surface area contributed by atoms with E-state index in [9.17, 15) is 4.79 Å². The van der Waals surface area contributed by atoms with Crippen molar-refractivity contribution in [2.24, 2.45) is 0 Å². The largest absolute Gasteiger partial charge is 0.360 e. The SMILES string of the molecule is Cc1cc(NC(=O)CN2CCC[C@H]2Cc2ccccc2)no1. The third-order valence-electron chi connectivity index (χ3n) is 4.06. The molecule has 5 nitrogen and oxygen atoms in total. The van der Waals surface area contributed by atoms with Crippen LogP contribution in [0.15, 0.2) is 40.9 Å². The molecule has 1 aromatic carbocycles. The number of amides is 1. The number of aryl methyl sites for hydroxylation is 1. The molecule has 1 N–H and O–H groups in total. The molecule has 0 radical (unpaired) electrons. The zero-order chi connectivity index (χ0) is 15.4. The van der Waals surface area contributed by atoms with Crippen molar-refractivity contribution < 1.29 is 9.32 Å². The zero-order valence-electron chi connectivity index (χ0n) is 12.8. The number of anilines is 1. The predicted molar refractivity (Wildman–Crippen MR) is 84.6 cm³/mol. The summed E-state index contributed by atoms with van der Waals surface area (Å²) < 4.78 is 4.96. The van der Waals surface area contributed by atoms with E-state index in [2.05, 4.69) is 39.6 Å². The molecule has 3 rings (SSSR count). The fourth-order valence-electron chi connectivity index (χ4n) is 3.01. The molecule has 2 heterocycles. The molecule has 0 bridgehead atoms. The molecule has 0 saturated carbocycles. The molecular weight excluding hydrogens is 278 g/mol. The number of rotatable bonds is 5. The topological polar surface area (TPSA) is 58.4 Å². The molecule has 1 fully saturated rings. The lowest BCUT2D eigenvalue weighted by molar-refractivity contribution is -0.117. The van der Waals surface area contributed by atoms with Crippen molar-refractivity contribution in [3.05, 3.63) is 47.7 Å². The van der Waals surface area contributed by atoms with Crippen LogP contribution in [0.5, 0.6) is 0 Å². The van der Waals surface area contributed by atoms with Gasteiger partial charge in [0.25, 0.3) is 0 Å². The van der Waals surface area contributed by atoms with Crippen LogP contribution < -0.4 is 5.32 Å². The highest BCUT2D eigenvalue weighted by molar-refractivity contribution is 5.91. The Morgan fingerprint density at radius 3 is 2.95 bits per heavy atom. The number of carbonyl (C=O) groups is 1. The Bertz CT molecular complexity index is 624. The van der Waals surface area contributed by atoms with Crippen LogP contribution in [0.25, 0.3) is 0 Å². The Kier molecular flexibility index (Phi) is 4.53. The van der Waals surface area contributed by atoms with E-state index < -0.39 is 0 Å². The van der Waals surface area contributed by atoms with E-state index in [4.69, 9.17) is 4.52 Å². The lowest BCUT2D eigenvalue weighted by atomic mass is 10.0. The lowest BCUT2D eigenvalue weighted by Crippen LogP contribution is -2.37. The Hall–Kier alpha value is -2.14. The van der Waals surface area contributed by atoms with Gasteiger partial charge in [0.05, 0.1) is 6.54 Å². The Balaban J connectivity index is 1.55. The normalized spacial score (nSPS) is 18.5. The maximum Gasteiger partial charge on any atom is 0.239 e. The average molecular weight is 299 g/mol. The Labute approximate surface area is 130 Å². The summed E-state index contributed by atoms with van der Waals surface area (Å²) in [5.74, 6) is 1.15. The maximum atomic E-state index is 12.1. The van der Waals surface area contributed by atoms with Gasteiger partial charge >= 0.3 is 0 Å². The molecule has 1 saturated heterocycles. The summed E-state index contributed by atoms with van der Waals surface area (Å²) in [4.78, 5) is 14.4. The van der Waals surface area contributed by atoms with Crippen molar-refractivity contribution in [1.82, 2.24) is 10.1 Å². The van der Waals surface area contributed by atoms with Crippen molar-refractivity contribution in [3.8, 4) is 0 Å². The van der Waals surface area contributed by atoms with Crippen molar-refractivity contribution in [2.75, 3.05) is 18.4 Å². The van der Waals surface area contributed by atoms with E-state index in [1.54, 1.807) is 13.0 Å². The van der Waals surface area contributed by atoms with Gasteiger partial charge in [0.15, 0.2) is 5.82 Å². The van der Waals surface area contributed by atoms with Crippen molar-refractivity contribution >= 4 is 11.7 Å². The standard InChI is InChI=1S/C17H21N3O2/c1-13-10-16(19-22-13)18-17(21)12-20-9-5-8-15(20)11-14-6-3-2-4-7-14/h2-4,6-7,10,15H,5,8-9,11-12H2,1H3,(H,18,19,21)/t15-/m0/s1. The number of likely N-dealkylation sites (tertiary alicyclic amines) is 1. The van der Waals surface area contributed by atoms with Gasteiger partial charge in [-0.05, 0) is 38.3 Å². The van der Waals surface area contributed by atoms with Gasteiger partial charge < -0.3 is 9.84 Å². The summed E-state index contributed by atoms with van der Waals surface area (Å²) in [6, 6.07) is 12.6. The van der Waals surface area contributed by atoms with Crippen LogP contribution in [0, 0.1) is 6.92 Å². The van der Waals surface area contributed by atoms with Gasteiger partial charge in [0.2, 0.25) is 5.91 Å². The smallest absolute Gasteiger partial charge is 0.239 e. The number of nitrogens with one attached hydrogen (secondary N) is 1. The first-order chi connectivity index (χ1) is 10.7. The van der Waals surface area contributed by atoms with Gasteiger partial charge in [-0.2, -0.15) is 0 Å². The van der Waals surface area contributed by atoms with E-state index in [1.165, 1.54) is 5.56 Å². The quantitative estimate of drug-likeness (QED) is 0.922. The van der Waals surface area contributed by atoms with Crippen molar-refractivity contribution in [2.45, 2.75) is 32.2 Å². The second-order valence-corrected chi connectivity index (χ2v) is 5.83. The number of carbonyl (C=O) groups excluding carboxylic acids is 1. The second kappa shape index (κ2) is 6.75. The zero-order valence-corrected chi connectivity index (χ0v) is 12.8. The van der Waals surface area contributed by atoms with Crippen LogP contribution in [-0.4, -0.2) is 35.1 Å².